The molecule has 36 heavy (non-hydrogen) atoms. The lowest BCUT2D eigenvalue weighted by Gasteiger charge is -2.43. The maximum absolute atomic E-state index is 12.8. The van der Waals surface area contributed by atoms with E-state index in [1.165, 1.54) is 6.92 Å². The second kappa shape index (κ2) is 15.8. The fourth-order valence-corrected chi connectivity index (χ4v) is 5.65. The molecule has 0 aliphatic carbocycles. The van der Waals surface area contributed by atoms with Gasteiger partial charge in [-0.1, -0.05) is 27.2 Å². The molecule has 0 aromatic carbocycles. The van der Waals surface area contributed by atoms with Gasteiger partial charge in [0.15, 0.2) is 14.7 Å². The molecule has 0 aromatic rings. The molecule has 0 aromatic heterocycles. The summed E-state index contributed by atoms with van der Waals surface area (Å²) in [6.45, 7) is 18.6. The average Bonchev–Trinajstić information content (AvgIpc) is 3.27. The van der Waals surface area contributed by atoms with Crippen molar-refractivity contribution in [3.8, 4) is 0 Å². The number of nitrogens with zero attached hydrogens (tertiary/aromatic N) is 2. The van der Waals surface area contributed by atoms with Gasteiger partial charge in [0.2, 0.25) is 12.5 Å². The highest BCUT2D eigenvalue weighted by atomic mass is 31.2. The van der Waals surface area contributed by atoms with Crippen LogP contribution in [0.5, 0.6) is 0 Å². The summed E-state index contributed by atoms with van der Waals surface area (Å²) in [5.41, 5.74) is 0. The van der Waals surface area contributed by atoms with Crippen LogP contribution in [0.15, 0.2) is 0 Å². The van der Waals surface area contributed by atoms with E-state index in [2.05, 4.69) is 25.6 Å². The number of amides is 1. The smallest absolute Gasteiger partial charge is 0.302 e. The Hall–Kier alpha value is -1.30. The van der Waals surface area contributed by atoms with E-state index in [1.807, 2.05) is 6.66 Å². The second-order valence-corrected chi connectivity index (χ2v) is 11.3. The lowest BCUT2D eigenvalue weighted by Crippen LogP contribution is -2.47. The molecule has 2 saturated heterocycles. The highest BCUT2D eigenvalue weighted by molar-refractivity contribution is 7.46. The molecule has 2 aliphatic heterocycles. The zero-order valence-electron chi connectivity index (χ0n) is 23.5. The molecule has 0 N–H and O–H groups in total. The third kappa shape index (κ3) is 9.87. The van der Waals surface area contributed by atoms with Gasteiger partial charge in [-0.05, 0) is 38.0 Å². The largest absolute Gasteiger partial charge is 0.463 e. The Morgan fingerprint density at radius 3 is 2.64 bits per heavy atom. The highest BCUT2D eigenvalue weighted by Crippen LogP contribution is 2.38. The SMILES string of the molecule is [2H]C[C@@H]1C[C@@H](OP(C)OCC[N+]#[C-])CN1C(=O)CCCCCO[C@@H]1OC(COC(C)=O)[C@H](C)[C@H](C)C1C. The molecule has 10 heteroatoms. The summed E-state index contributed by atoms with van der Waals surface area (Å²) in [4.78, 5) is 29.1. The summed E-state index contributed by atoms with van der Waals surface area (Å²) in [5.74, 6) is 0.644. The van der Waals surface area contributed by atoms with Crippen LogP contribution < -0.4 is 0 Å². The van der Waals surface area contributed by atoms with E-state index in [0.717, 1.165) is 19.3 Å². The first-order valence-corrected chi connectivity index (χ1v) is 14.7. The monoisotopic (exact) mass is 529 g/mol. The van der Waals surface area contributed by atoms with Gasteiger partial charge in [-0.3, -0.25) is 9.59 Å². The Morgan fingerprint density at radius 2 is 1.94 bits per heavy atom. The van der Waals surface area contributed by atoms with Crippen molar-refractivity contribution in [3.05, 3.63) is 11.4 Å². The number of carbonyl (C=O) groups is 2. The van der Waals surface area contributed by atoms with E-state index < -0.39 is 8.38 Å². The Labute approximate surface area is 219 Å². The molecule has 0 bridgehead atoms. The number of likely N-dealkylation sites (tertiary alicyclic amines) is 1. The highest BCUT2D eigenvalue weighted by Gasteiger charge is 2.40. The van der Waals surface area contributed by atoms with Crippen molar-refractivity contribution in [1.82, 2.24) is 4.90 Å². The van der Waals surface area contributed by atoms with Crippen LogP contribution in [0.1, 0.15) is 68.1 Å². The summed E-state index contributed by atoms with van der Waals surface area (Å²) in [6, 6.07) is -0.123. The molecule has 0 spiro atoms. The number of rotatable bonds is 14. The van der Waals surface area contributed by atoms with Crippen molar-refractivity contribution in [2.75, 3.05) is 39.6 Å². The van der Waals surface area contributed by atoms with E-state index >= 15 is 0 Å². The first-order valence-electron chi connectivity index (χ1n) is 13.7. The lowest BCUT2D eigenvalue weighted by atomic mass is 9.79. The summed E-state index contributed by atoms with van der Waals surface area (Å²) in [7, 11) is -1.09. The van der Waals surface area contributed by atoms with Crippen LogP contribution in [-0.2, 0) is 32.8 Å². The Morgan fingerprint density at radius 1 is 1.17 bits per heavy atom. The molecular weight excluding hydrogens is 483 g/mol. The summed E-state index contributed by atoms with van der Waals surface area (Å²) >= 11 is 0. The number of hydrogen-bond donors (Lipinski definition) is 0. The molecule has 2 rings (SSSR count). The van der Waals surface area contributed by atoms with Gasteiger partial charge >= 0.3 is 5.97 Å². The number of carbonyl (C=O) groups excluding carboxylic acids is 2. The van der Waals surface area contributed by atoms with E-state index in [9.17, 15) is 9.59 Å². The molecule has 3 unspecified atom stereocenters. The fraction of sp³-hybridized carbons (Fsp3) is 0.885. The lowest BCUT2D eigenvalue weighted by molar-refractivity contribution is -0.255. The molecular formula is C26H45N2O7P. The van der Waals surface area contributed by atoms with Gasteiger partial charge in [-0.2, -0.15) is 0 Å². The zero-order valence-corrected chi connectivity index (χ0v) is 23.4. The molecule has 2 fully saturated rings. The van der Waals surface area contributed by atoms with Gasteiger partial charge in [-0.25, -0.2) is 6.57 Å². The van der Waals surface area contributed by atoms with Gasteiger partial charge < -0.3 is 33.0 Å². The molecule has 2 aliphatic rings. The molecule has 1 amide bonds. The summed E-state index contributed by atoms with van der Waals surface area (Å²) in [6.07, 6.45) is 2.92. The number of ether oxygens (including phenoxy) is 3. The average molecular weight is 530 g/mol. The molecule has 0 saturated carbocycles. The van der Waals surface area contributed by atoms with Gasteiger partial charge in [0, 0.05) is 46.5 Å². The van der Waals surface area contributed by atoms with Crippen molar-refractivity contribution in [2.24, 2.45) is 17.8 Å². The fourth-order valence-electron chi connectivity index (χ4n) is 4.68. The summed E-state index contributed by atoms with van der Waals surface area (Å²) in [5, 5.41) is 0. The second-order valence-electron chi connectivity index (χ2n) is 9.92. The van der Waals surface area contributed by atoms with Crippen LogP contribution >= 0.6 is 8.38 Å². The van der Waals surface area contributed by atoms with Crippen LogP contribution in [0, 0.1) is 24.3 Å². The summed E-state index contributed by atoms with van der Waals surface area (Å²) < 4.78 is 36.7. The molecule has 8 atom stereocenters. The van der Waals surface area contributed by atoms with Crippen molar-refractivity contribution < 1.29 is 34.2 Å². The number of hydrogen-bond acceptors (Lipinski definition) is 7. The maximum atomic E-state index is 12.8. The third-order valence-electron chi connectivity index (χ3n) is 7.22. The van der Waals surface area contributed by atoms with Gasteiger partial charge in [0.25, 0.3) is 0 Å². The quantitative estimate of drug-likeness (QED) is 0.140. The van der Waals surface area contributed by atoms with Crippen molar-refractivity contribution >= 4 is 20.3 Å². The minimum Gasteiger partial charge on any atom is -0.463 e. The molecule has 206 valence electrons. The predicted octanol–water partition coefficient (Wildman–Crippen LogP) is 4.64. The van der Waals surface area contributed by atoms with E-state index in [0.29, 0.717) is 45.1 Å². The van der Waals surface area contributed by atoms with Crippen LogP contribution in [0.4, 0.5) is 0 Å². The van der Waals surface area contributed by atoms with Crippen LogP contribution in [0.3, 0.4) is 0 Å². The molecule has 9 nitrogen and oxygen atoms in total. The minimum absolute atomic E-state index is 0.0685. The minimum atomic E-state index is -1.09. The van der Waals surface area contributed by atoms with Gasteiger partial charge in [0.1, 0.15) is 13.2 Å². The maximum Gasteiger partial charge on any atom is 0.302 e. The third-order valence-corrected chi connectivity index (χ3v) is 8.36. The zero-order chi connectivity index (χ0) is 27.4. The Bertz CT molecular complexity index is 755. The van der Waals surface area contributed by atoms with Crippen molar-refractivity contribution in [1.29, 1.82) is 0 Å². The number of esters is 1. The van der Waals surface area contributed by atoms with E-state index in [1.54, 1.807) is 4.90 Å². The Kier molecular flexibility index (Phi) is 12.9. The normalized spacial score (nSPS) is 31.5. The molecule has 2 heterocycles. The Balaban J connectivity index is 1.67. The van der Waals surface area contributed by atoms with Crippen molar-refractivity contribution in [2.45, 2.75) is 91.2 Å². The van der Waals surface area contributed by atoms with Crippen LogP contribution in [0.25, 0.3) is 4.85 Å². The standard InChI is InChI=1S/C26H45N2O7P/c1-18-15-23(35-36(7)33-14-12-27-6)16-28(18)25(30)11-9-8-10-13-31-26-21(4)19(2)20(3)24(34-26)17-32-22(5)29/h18-21,23-24,26H,8-17H2,1-5,7H3/t18-,19+,20-,21?,23-,24?,26-,36?/m1/s1/i1D. The molecule has 0 radical (unpaired) electrons. The van der Waals surface area contributed by atoms with Crippen molar-refractivity contribution in [3.63, 3.8) is 0 Å². The first-order chi connectivity index (χ1) is 17.7. The van der Waals surface area contributed by atoms with Gasteiger partial charge in [0.05, 0.1) is 12.2 Å². The van der Waals surface area contributed by atoms with Gasteiger partial charge in [-0.15, -0.1) is 0 Å². The predicted molar refractivity (Wildman–Crippen MR) is 138 cm³/mol. The van der Waals surface area contributed by atoms with E-state index in [-0.39, 0.29) is 61.8 Å². The first kappa shape index (κ1) is 29.3. The van der Waals surface area contributed by atoms with Crippen LogP contribution in [-0.4, -0.2) is 80.9 Å². The number of unbranched alkanes of at least 4 members (excludes halogenated alkanes) is 2. The topological polar surface area (TPSA) is 87.9 Å². The van der Waals surface area contributed by atoms with Crippen LogP contribution in [0.2, 0.25) is 0 Å². The van der Waals surface area contributed by atoms with E-state index in [4.69, 9.17) is 31.2 Å².